The summed E-state index contributed by atoms with van der Waals surface area (Å²) in [5.74, 6) is -1.66. The first-order valence-electron chi connectivity index (χ1n) is 8.96. The fraction of sp³-hybridized carbons (Fsp3) is 0.647. The Morgan fingerprint density at radius 3 is 2.11 bits per heavy atom. The van der Waals surface area contributed by atoms with Gasteiger partial charge in [-0.15, -0.1) is 0 Å². The molecule has 0 spiro atoms. The summed E-state index contributed by atoms with van der Waals surface area (Å²) in [7, 11) is 0. The Kier molecular flexibility index (Phi) is 11.3. The maximum atomic E-state index is 12.4. The normalized spacial score (nSPS) is 13.6. The molecule has 0 fully saturated rings. The molecule has 0 radical (unpaired) electrons. The number of hydrogen-bond acceptors (Lipinski definition) is 6. The Morgan fingerprint density at radius 2 is 1.59 bits per heavy atom. The summed E-state index contributed by atoms with van der Waals surface area (Å²) in [6, 6.07) is -2.56. The van der Waals surface area contributed by atoms with Gasteiger partial charge in [0.1, 0.15) is 18.1 Å². The summed E-state index contributed by atoms with van der Waals surface area (Å²) >= 11 is 0. The fourth-order valence-electron chi connectivity index (χ4n) is 2.11. The van der Waals surface area contributed by atoms with Gasteiger partial charge in [-0.2, -0.15) is 0 Å². The number of nitrogens with two attached hydrogens (primary N) is 2. The highest BCUT2D eigenvalue weighted by atomic mass is 16.2. The number of primary amides is 1. The minimum absolute atomic E-state index is 0.242. The number of carbonyl (C=O) groups excluding carboxylic acids is 4. The van der Waals surface area contributed by atoms with Gasteiger partial charge in [0.15, 0.2) is 0 Å². The highest BCUT2D eigenvalue weighted by Crippen LogP contribution is 2.00. The molecule has 27 heavy (non-hydrogen) atoms. The van der Waals surface area contributed by atoms with Crippen molar-refractivity contribution in [2.75, 3.05) is 6.54 Å². The van der Waals surface area contributed by atoms with Gasteiger partial charge >= 0.3 is 0 Å². The van der Waals surface area contributed by atoms with Crippen LogP contribution in [0.25, 0.3) is 0 Å². The van der Waals surface area contributed by atoms with Crippen molar-refractivity contribution in [3.05, 3.63) is 12.4 Å². The molecule has 154 valence electrons. The zero-order valence-electron chi connectivity index (χ0n) is 16.3. The van der Waals surface area contributed by atoms with Crippen LogP contribution < -0.4 is 32.7 Å². The summed E-state index contributed by atoms with van der Waals surface area (Å²) in [5.41, 5.74) is 10.6. The van der Waals surface area contributed by atoms with Crippen LogP contribution in [0.5, 0.6) is 0 Å². The molecule has 0 aromatic carbocycles. The zero-order valence-corrected chi connectivity index (χ0v) is 16.3. The third-order valence-corrected chi connectivity index (χ3v) is 3.69. The SMILES string of the molecule is C=C(N)NCCC[C@H](NC(=O)[C@H](C)NC(=O)CCC)C(=O)N[C@@H](C)C(N)=O. The zero-order chi connectivity index (χ0) is 21.0. The van der Waals surface area contributed by atoms with E-state index in [9.17, 15) is 19.2 Å². The van der Waals surface area contributed by atoms with Crippen LogP contribution in [0.4, 0.5) is 0 Å². The van der Waals surface area contributed by atoms with E-state index in [0.29, 0.717) is 38.0 Å². The monoisotopic (exact) mass is 384 g/mol. The maximum Gasteiger partial charge on any atom is 0.243 e. The molecule has 0 heterocycles. The average Bonchev–Trinajstić information content (AvgIpc) is 2.56. The van der Waals surface area contributed by atoms with Crippen LogP contribution >= 0.6 is 0 Å². The van der Waals surface area contributed by atoms with Gasteiger partial charge in [0.05, 0.1) is 5.82 Å². The quantitative estimate of drug-likeness (QED) is 0.213. The lowest BCUT2D eigenvalue weighted by Gasteiger charge is -2.22. The van der Waals surface area contributed by atoms with Gasteiger partial charge in [0.2, 0.25) is 23.6 Å². The van der Waals surface area contributed by atoms with E-state index in [1.807, 2.05) is 6.92 Å². The van der Waals surface area contributed by atoms with E-state index in [4.69, 9.17) is 11.5 Å². The Labute approximate surface area is 159 Å². The van der Waals surface area contributed by atoms with Crippen molar-refractivity contribution in [1.29, 1.82) is 0 Å². The number of hydrogen-bond donors (Lipinski definition) is 6. The minimum atomic E-state index is -0.891. The van der Waals surface area contributed by atoms with Gasteiger partial charge in [0.25, 0.3) is 0 Å². The molecule has 0 aliphatic heterocycles. The first kappa shape index (κ1) is 24.2. The lowest BCUT2D eigenvalue weighted by molar-refractivity contribution is -0.133. The molecule has 0 rings (SSSR count). The van der Waals surface area contributed by atoms with Crippen molar-refractivity contribution in [3.63, 3.8) is 0 Å². The molecule has 8 N–H and O–H groups in total. The first-order chi connectivity index (χ1) is 12.6. The molecule has 10 nitrogen and oxygen atoms in total. The van der Waals surface area contributed by atoms with Gasteiger partial charge in [0, 0.05) is 13.0 Å². The molecule has 0 bridgehead atoms. The second kappa shape index (κ2) is 12.6. The number of rotatable bonds is 13. The van der Waals surface area contributed by atoms with E-state index >= 15 is 0 Å². The molecular weight excluding hydrogens is 352 g/mol. The summed E-state index contributed by atoms with van der Waals surface area (Å²) in [6.07, 6.45) is 1.77. The highest BCUT2D eigenvalue weighted by Gasteiger charge is 2.25. The molecule has 4 amide bonds. The molecule has 10 heteroatoms. The second-order valence-electron chi connectivity index (χ2n) is 6.33. The lowest BCUT2D eigenvalue weighted by atomic mass is 10.1. The largest absolute Gasteiger partial charge is 0.386 e. The Morgan fingerprint density at radius 1 is 0.963 bits per heavy atom. The van der Waals surface area contributed by atoms with Gasteiger partial charge in [-0.3, -0.25) is 19.2 Å². The van der Waals surface area contributed by atoms with Crippen LogP contribution in [0.3, 0.4) is 0 Å². The molecule has 0 aliphatic rings. The molecule has 0 aromatic heterocycles. The van der Waals surface area contributed by atoms with Crippen LogP contribution in [0.2, 0.25) is 0 Å². The van der Waals surface area contributed by atoms with Gasteiger partial charge in [-0.25, -0.2) is 0 Å². The predicted molar refractivity (Wildman–Crippen MR) is 102 cm³/mol. The van der Waals surface area contributed by atoms with Crippen molar-refractivity contribution in [2.45, 2.75) is 64.6 Å². The van der Waals surface area contributed by atoms with Crippen LogP contribution in [-0.4, -0.2) is 48.3 Å². The second-order valence-corrected chi connectivity index (χ2v) is 6.33. The summed E-state index contributed by atoms with van der Waals surface area (Å²) in [6.45, 7) is 8.81. The first-order valence-corrected chi connectivity index (χ1v) is 8.96. The predicted octanol–water partition coefficient (Wildman–Crippen LogP) is -1.43. The third-order valence-electron chi connectivity index (χ3n) is 3.69. The molecule has 0 aliphatic carbocycles. The topological polar surface area (TPSA) is 168 Å². The fourth-order valence-corrected chi connectivity index (χ4v) is 2.11. The van der Waals surface area contributed by atoms with E-state index in [1.165, 1.54) is 13.8 Å². The van der Waals surface area contributed by atoms with Gasteiger partial charge in [-0.1, -0.05) is 13.5 Å². The van der Waals surface area contributed by atoms with Crippen LogP contribution in [0, 0.1) is 0 Å². The number of carbonyl (C=O) groups is 4. The van der Waals surface area contributed by atoms with E-state index in [1.54, 1.807) is 0 Å². The van der Waals surface area contributed by atoms with E-state index < -0.39 is 35.8 Å². The van der Waals surface area contributed by atoms with E-state index in [0.717, 1.165) is 0 Å². The Hall–Kier alpha value is -2.78. The van der Waals surface area contributed by atoms with Gasteiger partial charge < -0.3 is 32.7 Å². The standard InChI is InChI=1S/C17H32N6O4/c1-5-7-14(24)21-11(3)16(26)23-13(8-6-9-20-12(4)18)17(27)22-10(2)15(19)25/h10-11,13,20H,4-9,18H2,1-3H3,(H2,19,25)(H,21,24)(H,22,27)(H,23,26)/t10-,11-,13-/m0/s1. The van der Waals surface area contributed by atoms with Crippen LogP contribution in [-0.2, 0) is 19.2 Å². The van der Waals surface area contributed by atoms with Crippen molar-refractivity contribution >= 4 is 23.6 Å². The lowest BCUT2D eigenvalue weighted by Crippen LogP contribution is -2.55. The Bertz CT molecular complexity index is 552. The molecule has 3 atom stereocenters. The van der Waals surface area contributed by atoms with Crippen molar-refractivity contribution in [2.24, 2.45) is 11.5 Å². The summed E-state index contributed by atoms with van der Waals surface area (Å²) in [4.78, 5) is 47.5. The molecule has 0 saturated heterocycles. The molecular formula is C17H32N6O4. The third kappa shape index (κ3) is 10.7. The summed E-state index contributed by atoms with van der Waals surface area (Å²) < 4.78 is 0. The summed E-state index contributed by atoms with van der Waals surface area (Å²) in [5, 5.41) is 10.4. The Balaban J connectivity index is 4.86. The number of nitrogens with one attached hydrogen (secondary N) is 4. The minimum Gasteiger partial charge on any atom is -0.386 e. The highest BCUT2D eigenvalue weighted by molar-refractivity contribution is 5.93. The van der Waals surface area contributed by atoms with Crippen molar-refractivity contribution in [3.8, 4) is 0 Å². The molecule has 0 saturated carbocycles. The van der Waals surface area contributed by atoms with Crippen LogP contribution in [0.1, 0.15) is 46.5 Å². The molecule has 0 unspecified atom stereocenters. The maximum absolute atomic E-state index is 12.4. The van der Waals surface area contributed by atoms with Gasteiger partial charge in [-0.05, 0) is 33.1 Å². The van der Waals surface area contributed by atoms with Crippen molar-refractivity contribution in [1.82, 2.24) is 21.3 Å². The number of amides is 4. The average molecular weight is 384 g/mol. The van der Waals surface area contributed by atoms with E-state index in [-0.39, 0.29) is 5.91 Å². The molecule has 0 aromatic rings. The van der Waals surface area contributed by atoms with Crippen LogP contribution in [0.15, 0.2) is 12.4 Å². The van der Waals surface area contributed by atoms with Crippen molar-refractivity contribution < 1.29 is 19.2 Å². The van der Waals surface area contributed by atoms with E-state index in [2.05, 4.69) is 27.8 Å². The smallest absolute Gasteiger partial charge is 0.243 e.